The van der Waals surface area contributed by atoms with E-state index in [0.29, 0.717) is 6.04 Å². The van der Waals surface area contributed by atoms with Crippen molar-refractivity contribution in [3.63, 3.8) is 0 Å². The van der Waals surface area contributed by atoms with E-state index in [0.717, 1.165) is 29.4 Å². The Morgan fingerprint density at radius 1 is 1.42 bits per heavy atom. The summed E-state index contributed by atoms with van der Waals surface area (Å²) in [6.45, 7) is 2.18. The van der Waals surface area contributed by atoms with Crippen molar-refractivity contribution >= 4 is 32.4 Å². The lowest BCUT2D eigenvalue weighted by Crippen LogP contribution is -2.45. The summed E-state index contributed by atoms with van der Waals surface area (Å²) in [4.78, 5) is 9.47. The first kappa shape index (κ1) is 12.7. The van der Waals surface area contributed by atoms with Crippen molar-refractivity contribution in [2.75, 3.05) is 37.8 Å². The van der Waals surface area contributed by atoms with Crippen molar-refractivity contribution in [2.24, 2.45) is 0 Å². The van der Waals surface area contributed by atoms with Crippen LogP contribution in [0.4, 0.5) is 10.8 Å². The number of rotatable bonds is 2. The van der Waals surface area contributed by atoms with Gasteiger partial charge in [-0.2, -0.15) is 0 Å². The van der Waals surface area contributed by atoms with Crippen molar-refractivity contribution in [3.8, 4) is 0 Å². The molecular formula is C14H20N4S. The second-order valence-corrected chi connectivity index (χ2v) is 6.44. The Bertz CT molecular complexity index is 578. The zero-order valence-electron chi connectivity index (χ0n) is 11.5. The summed E-state index contributed by atoms with van der Waals surface area (Å²) in [6.07, 6.45) is 2.52. The van der Waals surface area contributed by atoms with Crippen LogP contribution in [-0.4, -0.2) is 43.1 Å². The molecule has 19 heavy (non-hydrogen) atoms. The van der Waals surface area contributed by atoms with Crippen LogP contribution < -0.4 is 10.6 Å². The van der Waals surface area contributed by atoms with Crippen LogP contribution in [0.3, 0.4) is 0 Å². The minimum Gasteiger partial charge on any atom is -0.399 e. The number of anilines is 2. The normalized spacial score (nSPS) is 20.4. The fourth-order valence-corrected chi connectivity index (χ4v) is 3.66. The van der Waals surface area contributed by atoms with E-state index < -0.39 is 0 Å². The molecule has 1 fully saturated rings. The quantitative estimate of drug-likeness (QED) is 0.856. The Kier molecular flexibility index (Phi) is 3.33. The summed E-state index contributed by atoms with van der Waals surface area (Å²) in [5.41, 5.74) is 7.70. The molecule has 0 radical (unpaired) electrons. The van der Waals surface area contributed by atoms with Gasteiger partial charge in [0.05, 0.1) is 10.2 Å². The monoisotopic (exact) mass is 276 g/mol. The van der Waals surface area contributed by atoms with Crippen LogP contribution in [0, 0.1) is 0 Å². The second kappa shape index (κ2) is 4.98. The van der Waals surface area contributed by atoms with Gasteiger partial charge in [-0.25, -0.2) is 4.98 Å². The maximum atomic E-state index is 5.83. The van der Waals surface area contributed by atoms with Gasteiger partial charge in [0.15, 0.2) is 5.13 Å². The van der Waals surface area contributed by atoms with E-state index in [-0.39, 0.29) is 0 Å². The predicted molar refractivity (Wildman–Crippen MR) is 83.0 cm³/mol. The molecule has 1 aromatic heterocycles. The molecule has 0 saturated carbocycles. The summed E-state index contributed by atoms with van der Waals surface area (Å²) in [6, 6.07) is 6.58. The molecule has 3 rings (SSSR count). The standard InChI is InChI=1S/C14H20N4S/c1-17(2)11-4-3-7-18(9-11)14-16-12-6-5-10(15)8-13(12)19-14/h5-6,8,11H,3-4,7,9,15H2,1-2H3. The molecule has 0 bridgehead atoms. The van der Waals surface area contributed by atoms with Gasteiger partial charge in [-0.15, -0.1) is 0 Å². The van der Waals surface area contributed by atoms with Crippen LogP contribution in [0.2, 0.25) is 0 Å². The molecule has 1 saturated heterocycles. The Labute approximate surface area is 117 Å². The minimum atomic E-state index is 0.630. The number of nitrogens with two attached hydrogens (primary N) is 1. The fourth-order valence-electron chi connectivity index (χ4n) is 2.61. The van der Waals surface area contributed by atoms with Crippen LogP contribution >= 0.6 is 11.3 Å². The Balaban J connectivity index is 1.87. The van der Waals surface area contributed by atoms with Crippen molar-refractivity contribution in [1.29, 1.82) is 0 Å². The van der Waals surface area contributed by atoms with E-state index in [1.807, 2.05) is 18.2 Å². The third kappa shape index (κ3) is 2.53. The Morgan fingerprint density at radius 2 is 2.26 bits per heavy atom. The lowest BCUT2D eigenvalue weighted by molar-refractivity contribution is 0.258. The predicted octanol–water partition coefficient (Wildman–Crippen LogP) is 2.41. The Hall–Kier alpha value is -1.33. The van der Waals surface area contributed by atoms with Gasteiger partial charge in [-0.1, -0.05) is 11.3 Å². The van der Waals surface area contributed by atoms with Gasteiger partial charge in [0.25, 0.3) is 0 Å². The molecule has 1 atom stereocenters. The molecule has 0 aliphatic carbocycles. The van der Waals surface area contributed by atoms with Crippen LogP contribution in [0.5, 0.6) is 0 Å². The number of aromatic nitrogens is 1. The highest BCUT2D eigenvalue weighted by Gasteiger charge is 2.23. The summed E-state index contributed by atoms with van der Waals surface area (Å²) in [7, 11) is 4.32. The molecule has 2 heterocycles. The van der Waals surface area contributed by atoms with Crippen LogP contribution in [-0.2, 0) is 0 Å². The number of hydrogen-bond donors (Lipinski definition) is 1. The summed E-state index contributed by atoms with van der Waals surface area (Å²) < 4.78 is 1.18. The minimum absolute atomic E-state index is 0.630. The molecule has 2 N–H and O–H groups in total. The van der Waals surface area contributed by atoms with E-state index in [1.54, 1.807) is 11.3 Å². The highest BCUT2D eigenvalue weighted by molar-refractivity contribution is 7.22. The van der Waals surface area contributed by atoms with E-state index in [1.165, 1.54) is 17.5 Å². The van der Waals surface area contributed by atoms with E-state index >= 15 is 0 Å². The van der Waals surface area contributed by atoms with Gasteiger partial charge >= 0.3 is 0 Å². The number of likely N-dealkylation sites (N-methyl/N-ethyl adjacent to an activating group) is 1. The van der Waals surface area contributed by atoms with Gasteiger partial charge < -0.3 is 15.5 Å². The molecule has 1 aromatic carbocycles. The van der Waals surface area contributed by atoms with Gasteiger partial charge in [0.1, 0.15) is 0 Å². The van der Waals surface area contributed by atoms with Crippen molar-refractivity contribution in [2.45, 2.75) is 18.9 Å². The van der Waals surface area contributed by atoms with Gasteiger partial charge in [0.2, 0.25) is 0 Å². The average Bonchev–Trinajstić information content (AvgIpc) is 2.81. The van der Waals surface area contributed by atoms with Gasteiger partial charge in [0, 0.05) is 24.8 Å². The number of thiazole rings is 1. The molecule has 2 aromatic rings. The second-order valence-electron chi connectivity index (χ2n) is 5.43. The molecule has 0 amide bonds. The van der Waals surface area contributed by atoms with Crippen LogP contribution in [0.1, 0.15) is 12.8 Å². The molecule has 1 aliphatic heterocycles. The molecule has 4 nitrogen and oxygen atoms in total. The zero-order chi connectivity index (χ0) is 13.4. The third-order valence-corrected chi connectivity index (χ3v) is 4.88. The van der Waals surface area contributed by atoms with Crippen LogP contribution in [0.15, 0.2) is 18.2 Å². The summed E-state index contributed by atoms with van der Waals surface area (Å²) >= 11 is 1.75. The number of nitrogen functional groups attached to an aromatic ring is 1. The lowest BCUT2D eigenvalue weighted by Gasteiger charge is -2.35. The molecule has 1 aliphatic rings. The molecular weight excluding hydrogens is 256 g/mol. The summed E-state index contributed by atoms with van der Waals surface area (Å²) in [5, 5.41) is 1.13. The van der Waals surface area contributed by atoms with Crippen LogP contribution in [0.25, 0.3) is 10.2 Å². The maximum Gasteiger partial charge on any atom is 0.186 e. The van der Waals surface area contributed by atoms with Gasteiger partial charge in [-0.3, -0.25) is 0 Å². The molecule has 5 heteroatoms. The first-order valence-corrected chi connectivity index (χ1v) is 7.52. The molecule has 102 valence electrons. The number of hydrogen-bond acceptors (Lipinski definition) is 5. The van der Waals surface area contributed by atoms with E-state index in [9.17, 15) is 0 Å². The van der Waals surface area contributed by atoms with Crippen molar-refractivity contribution < 1.29 is 0 Å². The smallest absolute Gasteiger partial charge is 0.186 e. The van der Waals surface area contributed by atoms with E-state index in [2.05, 4.69) is 23.9 Å². The molecule has 0 spiro atoms. The number of nitrogens with zero attached hydrogens (tertiary/aromatic N) is 3. The van der Waals surface area contributed by atoms with Gasteiger partial charge in [-0.05, 0) is 45.1 Å². The topological polar surface area (TPSA) is 45.4 Å². The first-order chi connectivity index (χ1) is 9.13. The first-order valence-electron chi connectivity index (χ1n) is 6.71. The highest BCUT2D eigenvalue weighted by Crippen LogP contribution is 2.31. The lowest BCUT2D eigenvalue weighted by atomic mass is 10.1. The average molecular weight is 276 g/mol. The Morgan fingerprint density at radius 3 is 3.05 bits per heavy atom. The van der Waals surface area contributed by atoms with Crippen molar-refractivity contribution in [1.82, 2.24) is 9.88 Å². The van der Waals surface area contributed by atoms with E-state index in [4.69, 9.17) is 10.7 Å². The highest BCUT2D eigenvalue weighted by atomic mass is 32.1. The zero-order valence-corrected chi connectivity index (χ0v) is 12.3. The SMILES string of the molecule is CN(C)C1CCCN(c2nc3ccc(N)cc3s2)C1. The van der Waals surface area contributed by atoms with Crippen molar-refractivity contribution in [3.05, 3.63) is 18.2 Å². The number of benzene rings is 1. The summed E-state index contributed by atoms with van der Waals surface area (Å²) in [5.74, 6) is 0. The third-order valence-electron chi connectivity index (χ3n) is 3.80. The largest absolute Gasteiger partial charge is 0.399 e. The number of piperidine rings is 1. The number of fused-ring (bicyclic) bond motifs is 1. The fraction of sp³-hybridized carbons (Fsp3) is 0.500. The maximum absolute atomic E-state index is 5.83. The molecule has 1 unspecified atom stereocenters.